The lowest BCUT2D eigenvalue weighted by molar-refractivity contribution is -0.220. The SMILES string of the molecule is CO[C@@H]1C(C(CCO)NCCCCCCCC/C=C/CCCCCCCCN)OC2OC(C)(C)OC21. The van der Waals surface area contributed by atoms with Crippen LogP contribution in [-0.4, -0.2) is 68.3 Å². The van der Waals surface area contributed by atoms with Gasteiger partial charge in [0, 0.05) is 19.8 Å². The van der Waals surface area contributed by atoms with Gasteiger partial charge in [-0.3, -0.25) is 0 Å². The maximum Gasteiger partial charge on any atom is 0.190 e. The second-order valence-electron chi connectivity index (χ2n) is 10.9. The van der Waals surface area contributed by atoms with Gasteiger partial charge >= 0.3 is 0 Å². The first kappa shape index (κ1) is 31.7. The molecule has 7 nitrogen and oxygen atoms in total. The second kappa shape index (κ2) is 18.7. The highest BCUT2D eigenvalue weighted by molar-refractivity contribution is 4.98. The monoisotopic (exact) mass is 512 g/mol. The number of rotatable bonds is 22. The molecule has 0 aromatic rings. The molecule has 2 aliphatic rings. The third-order valence-corrected chi connectivity index (χ3v) is 7.33. The third kappa shape index (κ3) is 11.9. The molecule has 0 spiro atoms. The van der Waals surface area contributed by atoms with Crippen LogP contribution in [0.4, 0.5) is 0 Å². The average Bonchev–Trinajstić information content (AvgIpc) is 3.33. The van der Waals surface area contributed by atoms with Crippen LogP contribution in [0, 0.1) is 0 Å². The van der Waals surface area contributed by atoms with Crippen LogP contribution >= 0.6 is 0 Å². The maximum absolute atomic E-state index is 9.59. The van der Waals surface area contributed by atoms with Crippen LogP contribution in [0.5, 0.6) is 0 Å². The van der Waals surface area contributed by atoms with Gasteiger partial charge in [0.05, 0.1) is 0 Å². The van der Waals surface area contributed by atoms with E-state index in [0.717, 1.165) is 19.5 Å². The molecule has 0 amide bonds. The Hall–Kier alpha value is -0.540. The molecule has 2 rings (SSSR count). The highest BCUT2D eigenvalue weighted by Gasteiger charge is 2.56. The zero-order valence-corrected chi connectivity index (χ0v) is 23.4. The van der Waals surface area contributed by atoms with Crippen LogP contribution in [0.2, 0.25) is 0 Å². The second-order valence-corrected chi connectivity index (χ2v) is 10.9. The smallest absolute Gasteiger partial charge is 0.190 e. The van der Waals surface area contributed by atoms with Crippen molar-refractivity contribution < 1.29 is 24.1 Å². The fraction of sp³-hybridized carbons (Fsp3) is 0.931. The zero-order chi connectivity index (χ0) is 26.1. The van der Waals surface area contributed by atoms with Crippen molar-refractivity contribution in [2.75, 3.05) is 26.8 Å². The van der Waals surface area contributed by atoms with E-state index in [1.807, 2.05) is 13.8 Å². The largest absolute Gasteiger partial charge is 0.396 e. The lowest BCUT2D eigenvalue weighted by Crippen LogP contribution is -2.49. The van der Waals surface area contributed by atoms with Gasteiger partial charge in [0.15, 0.2) is 12.1 Å². The Labute approximate surface area is 220 Å². The van der Waals surface area contributed by atoms with Gasteiger partial charge in [-0.15, -0.1) is 0 Å². The van der Waals surface area contributed by atoms with Crippen molar-refractivity contribution >= 4 is 0 Å². The molecule has 0 aromatic carbocycles. The Kier molecular flexibility index (Phi) is 16.4. The topological polar surface area (TPSA) is 95.2 Å². The summed E-state index contributed by atoms with van der Waals surface area (Å²) < 4.78 is 23.8. The first-order valence-corrected chi connectivity index (χ1v) is 14.8. The Morgan fingerprint density at radius 2 is 1.47 bits per heavy atom. The maximum atomic E-state index is 9.59. The van der Waals surface area contributed by atoms with Crippen molar-refractivity contribution in [1.29, 1.82) is 0 Å². The highest BCUT2D eigenvalue weighted by atomic mass is 16.8. The molecule has 4 N–H and O–H groups in total. The summed E-state index contributed by atoms with van der Waals surface area (Å²) in [5.41, 5.74) is 5.53. The summed E-state index contributed by atoms with van der Waals surface area (Å²) in [5, 5.41) is 13.2. The molecule has 0 bridgehead atoms. The summed E-state index contributed by atoms with van der Waals surface area (Å²) in [6.45, 7) is 5.65. The standard InChI is InChI=1S/C29H56N2O5/c1-29(2)35-27-26(33-3)25(34-28(27)36-29)24(20-23-32)31-22-19-17-15-13-11-9-7-5-4-6-8-10-12-14-16-18-21-30/h4-5,24-28,31-32H,6-23,30H2,1-3H3/b5-4+/t24?,25?,26-,27?,28?/m1/s1. The first-order valence-electron chi connectivity index (χ1n) is 14.8. The Bertz CT molecular complexity index is 574. The number of allylic oxidation sites excluding steroid dienone is 2. The minimum Gasteiger partial charge on any atom is -0.396 e. The molecule has 2 aliphatic heterocycles. The van der Waals surface area contributed by atoms with E-state index >= 15 is 0 Å². The van der Waals surface area contributed by atoms with Crippen molar-refractivity contribution in [3.8, 4) is 0 Å². The zero-order valence-electron chi connectivity index (χ0n) is 23.4. The minimum absolute atomic E-state index is 0.0174. The van der Waals surface area contributed by atoms with Crippen molar-refractivity contribution in [2.45, 2.75) is 147 Å². The fourth-order valence-electron chi connectivity index (χ4n) is 5.35. The summed E-state index contributed by atoms with van der Waals surface area (Å²) in [4.78, 5) is 0. The van der Waals surface area contributed by atoms with E-state index in [0.29, 0.717) is 6.42 Å². The van der Waals surface area contributed by atoms with Gasteiger partial charge in [-0.25, -0.2) is 0 Å². The highest BCUT2D eigenvalue weighted by Crippen LogP contribution is 2.39. The van der Waals surface area contributed by atoms with Crippen LogP contribution in [-0.2, 0) is 18.9 Å². The number of unbranched alkanes of at least 4 members (excludes halogenated alkanes) is 12. The number of hydrogen-bond donors (Lipinski definition) is 3. The minimum atomic E-state index is -0.655. The van der Waals surface area contributed by atoms with E-state index in [9.17, 15) is 5.11 Å². The Morgan fingerprint density at radius 3 is 2.06 bits per heavy atom. The van der Waals surface area contributed by atoms with E-state index in [1.54, 1.807) is 7.11 Å². The molecule has 7 heteroatoms. The number of fused-ring (bicyclic) bond motifs is 1. The van der Waals surface area contributed by atoms with Gasteiger partial charge in [0.2, 0.25) is 0 Å². The predicted octanol–water partition coefficient (Wildman–Crippen LogP) is 5.19. The Balaban J connectivity index is 1.46. The average molecular weight is 513 g/mol. The molecule has 36 heavy (non-hydrogen) atoms. The van der Waals surface area contributed by atoms with Crippen LogP contribution < -0.4 is 11.1 Å². The molecular formula is C29H56N2O5. The number of ether oxygens (including phenoxy) is 4. The van der Waals surface area contributed by atoms with Crippen molar-refractivity contribution in [1.82, 2.24) is 5.32 Å². The van der Waals surface area contributed by atoms with Crippen molar-refractivity contribution in [2.24, 2.45) is 5.73 Å². The van der Waals surface area contributed by atoms with Gasteiger partial charge in [0.25, 0.3) is 0 Å². The number of aliphatic hydroxyl groups excluding tert-OH is 1. The summed E-state index contributed by atoms with van der Waals surface area (Å²) in [6, 6.07) is 0.0174. The number of nitrogens with one attached hydrogen (secondary N) is 1. The van der Waals surface area contributed by atoms with Crippen LogP contribution in [0.15, 0.2) is 12.2 Å². The third-order valence-electron chi connectivity index (χ3n) is 7.33. The first-order chi connectivity index (χ1) is 17.5. The van der Waals surface area contributed by atoms with Gasteiger partial charge < -0.3 is 35.1 Å². The molecule has 212 valence electrons. The van der Waals surface area contributed by atoms with Crippen molar-refractivity contribution in [3.05, 3.63) is 12.2 Å². The van der Waals surface area contributed by atoms with Gasteiger partial charge in [-0.2, -0.15) is 0 Å². The molecule has 0 radical (unpaired) electrons. The van der Waals surface area contributed by atoms with E-state index in [1.165, 1.54) is 83.5 Å². The van der Waals surface area contributed by atoms with Crippen molar-refractivity contribution in [3.63, 3.8) is 0 Å². The lowest BCUT2D eigenvalue weighted by Gasteiger charge is -2.30. The fourth-order valence-corrected chi connectivity index (χ4v) is 5.35. The molecule has 0 aliphatic carbocycles. The lowest BCUT2D eigenvalue weighted by atomic mass is 10.0. The number of methoxy groups -OCH3 is 1. The summed E-state index contributed by atoms with van der Waals surface area (Å²) >= 11 is 0. The molecule has 0 aromatic heterocycles. The van der Waals surface area contributed by atoms with E-state index < -0.39 is 12.1 Å². The Morgan fingerprint density at radius 1 is 0.889 bits per heavy atom. The van der Waals surface area contributed by atoms with E-state index in [4.69, 9.17) is 24.7 Å². The van der Waals surface area contributed by atoms with Crippen LogP contribution in [0.3, 0.4) is 0 Å². The summed E-state index contributed by atoms with van der Waals surface area (Å²) in [5.74, 6) is -0.655. The summed E-state index contributed by atoms with van der Waals surface area (Å²) in [6.07, 6.45) is 22.2. The van der Waals surface area contributed by atoms with E-state index in [2.05, 4.69) is 17.5 Å². The number of aliphatic hydroxyl groups is 1. The number of nitrogens with two attached hydrogens (primary N) is 1. The van der Waals surface area contributed by atoms with E-state index in [-0.39, 0.29) is 31.0 Å². The molecule has 2 heterocycles. The van der Waals surface area contributed by atoms with Crippen LogP contribution in [0.1, 0.15) is 110 Å². The quantitative estimate of drug-likeness (QED) is 0.136. The molecule has 0 saturated carbocycles. The molecule has 2 saturated heterocycles. The normalized spacial score (nSPS) is 26.1. The summed E-state index contributed by atoms with van der Waals surface area (Å²) in [7, 11) is 1.69. The van der Waals surface area contributed by atoms with Crippen LogP contribution in [0.25, 0.3) is 0 Å². The molecule has 4 unspecified atom stereocenters. The molecular weight excluding hydrogens is 456 g/mol. The van der Waals surface area contributed by atoms with Gasteiger partial charge in [-0.05, 0) is 71.9 Å². The molecule has 5 atom stereocenters. The predicted molar refractivity (Wildman–Crippen MR) is 146 cm³/mol. The molecule has 2 fully saturated rings. The number of hydrogen-bond acceptors (Lipinski definition) is 7. The van der Waals surface area contributed by atoms with Gasteiger partial charge in [0.1, 0.15) is 18.3 Å². The van der Waals surface area contributed by atoms with Gasteiger partial charge in [-0.1, -0.05) is 63.5 Å².